The van der Waals surface area contributed by atoms with E-state index in [1.165, 1.54) is 21.6 Å². The largest absolute Gasteiger partial charge is 0.306 e. The van der Waals surface area contributed by atoms with Crippen molar-refractivity contribution >= 4 is 22.9 Å². The summed E-state index contributed by atoms with van der Waals surface area (Å²) >= 11 is 7.74. The molecule has 1 atom stereocenters. The molecule has 0 aliphatic heterocycles. The van der Waals surface area contributed by atoms with Gasteiger partial charge in [-0.05, 0) is 50.1 Å². The van der Waals surface area contributed by atoms with Gasteiger partial charge < -0.3 is 5.32 Å². The fourth-order valence-corrected chi connectivity index (χ4v) is 3.44. The smallest absolute Gasteiger partial charge is 0.0931 e. The molecule has 1 aromatic heterocycles. The van der Waals surface area contributed by atoms with Crippen LogP contribution >= 0.6 is 22.9 Å². The Kier molecular flexibility index (Phi) is 5.03. The number of aryl methyl sites for hydroxylation is 2. The molecule has 0 saturated heterocycles. The van der Waals surface area contributed by atoms with Crippen molar-refractivity contribution in [3.8, 4) is 0 Å². The van der Waals surface area contributed by atoms with Crippen molar-refractivity contribution < 1.29 is 0 Å². The van der Waals surface area contributed by atoms with E-state index in [1.807, 2.05) is 6.07 Å². The van der Waals surface area contributed by atoms with E-state index in [4.69, 9.17) is 11.6 Å². The topological polar surface area (TPSA) is 12.0 Å². The molecule has 1 N–H and O–H groups in total. The van der Waals surface area contributed by atoms with Crippen LogP contribution in [0.5, 0.6) is 0 Å². The monoisotopic (exact) mass is 293 g/mol. The lowest BCUT2D eigenvalue weighted by atomic mass is 9.98. The highest BCUT2D eigenvalue weighted by Crippen LogP contribution is 2.32. The van der Waals surface area contributed by atoms with Gasteiger partial charge in [-0.15, -0.1) is 11.3 Å². The van der Waals surface area contributed by atoms with Crippen LogP contribution in [-0.2, 0) is 0 Å². The molecule has 0 aliphatic rings. The molecular weight excluding hydrogens is 274 g/mol. The van der Waals surface area contributed by atoms with Crippen LogP contribution in [0.3, 0.4) is 0 Å². The van der Waals surface area contributed by atoms with E-state index in [9.17, 15) is 0 Å². The van der Waals surface area contributed by atoms with Gasteiger partial charge in [0.15, 0.2) is 0 Å². The van der Waals surface area contributed by atoms with Gasteiger partial charge in [-0.1, -0.05) is 42.3 Å². The first-order valence-electron chi connectivity index (χ1n) is 6.67. The van der Waals surface area contributed by atoms with Crippen molar-refractivity contribution in [2.24, 2.45) is 0 Å². The van der Waals surface area contributed by atoms with E-state index in [0.29, 0.717) is 0 Å². The first-order valence-corrected chi connectivity index (χ1v) is 7.87. The summed E-state index contributed by atoms with van der Waals surface area (Å²) in [4.78, 5) is 1.28. The van der Waals surface area contributed by atoms with Gasteiger partial charge in [0.05, 0.1) is 10.4 Å². The second-order valence-electron chi connectivity index (χ2n) is 4.89. The Bertz CT molecular complexity index is 547. The van der Waals surface area contributed by atoms with Gasteiger partial charge in [0.1, 0.15) is 0 Å². The average Bonchev–Trinajstić information content (AvgIpc) is 2.78. The van der Waals surface area contributed by atoms with Gasteiger partial charge in [-0.3, -0.25) is 0 Å². The molecule has 0 radical (unpaired) electrons. The highest BCUT2D eigenvalue weighted by molar-refractivity contribution is 7.16. The van der Waals surface area contributed by atoms with Crippen molar-refractivity contribution in [3.05, 3.63) is 56.2 Å². The minimum Gasteiger partial charge on any atom is -0.306 e. The summed E-state index contributed by atoms with van der Waals surface area (Å²) in [5.41, 5.74) is 3.98. The van der Waals surface area contributed by atoms with E-state index < -0.39 is 0 Å². The van der Waals surface area contributed by atoms with Crippen LogP contribution in [-0.4, -0.2) is 6.54 Å². The minimum atomic E-state index is 0.248. The molecule has 0 amide bonds. The van der Waals surface area contributed by atoms with E-state index in [-0.39, 0.29) is 6.04 Å². The fourth-order valence-electron chi connectivity index (χ4n) is 2.29. The third-order valence-corrected chi connectivity index (χ3v) is 4.51. The quantitative estimate of drug-likeness (QED) is 0.808. The third kappa shape index (κ3) is 3.59. The van der Waals surface area contributed by atoms with Crippen LogP contribution in [0.15, 0.2) is 30.3 Å². The molecule has 2 aromatic rings. The lowest BCUT2D eigenvalue weighted by Gasteiger charge is -2.20. The highest BCUT2D eigenvalue weighted by atomic mass is 35.5. The number of thiophene rings is 1. The lowest BCUT2D eigenvalue weighted by molar-refractivity contribution is 0.603. The molecule has 0 aliphatic carbocycles. The lowest BCUT2D eigenvalue weighted by Crippen LogP contribution is -2.23. The van der Waals surface area contributed by atoms with Gasteiger partial charge >= 0.3 is 0 Å². The van der Waals surface area contributed by atoms with Crippen molar-refractivity contribution in [1.82, 2.24) is 5.32 Å². The summed E-state index contributed by atoms with van der Waals surface area (Å²) in [5.74, 6) is 0. The molecule has 1 heterocycles. The zero-order valence-electron chi connectivity index (χ0n) is 11.7. The standard InChI is InChI=1S/C16H20ClNS/c1-4-9-18-16(14-7-8-15(17)19-14)13-6-5-11(2)10-12(13)3/h5-8,10,16,18H,4,9H2,1-3H3. The summed E-state index contributed by atoms with van der Waals surface area (Å²) < 4.78 is 0.850. The zero-order chi connectivity index (χ0) is 13.8. The molecule has 0 fully saturated rings. The van der Waals surface area contributed by atoms with Gasteiger partial charge in [0.25, 0.3) is 0 Å². The molecule has 1 aromatic carbocycles. The average molecular weight is 294 g/mol. The van der Waals surface area contributed by atoms with Crippen LogP contribution < -0.4 is 5.32 Å². The van der Waals surface area contributed by atoms with E-state index in [2.05, 4.69) is 50.4 Å². The van der Waals surface area contributed by atoms with Crippen LogP contribution in [0, 0.1) is 13.8 Å². The summed E-state index contributed by atoms with van der Waals surface area (Å²) in [5, 5.41) is 3.63. The Morgan fingerprint density at radius 1 is 1.21 bits per heavy atom. The number of hydrogen-bond donors (Lipinski definition) is 1. The Hall–Kier alpha value is -0.830. The van der Waals surface area contributed by atoms with Crippen LogP contribution in [0.25, 0.3) is 0 Å². The van der Waals surface area contributed by atoms with Crippen molar-refractivity contribution in [3.63, 3.8) is 0 Å². The second-order valence-corrected chi connectivity index (χ2v) is 6.64. The normalized spacial score (nSPS) is 12.6. The zero-order valence-corrected chi connectivity index (χ0v) is 13.2. The molecule has 19 heavy (non-hydrogen) atoms. The van der Waals surface area contributed by atoms with E-state index in [0.717, 1.165) is 17.3 Å². The summed E-state index contributed by atoms with van der Waals surface area (Å²) in [6, 6.07) is 11.0. The Morgan fingerprint density at radius 3 is 2.58 bits per heavy atom. The fraction of sp³-hybridized carbons (Fsp3) is 0.375. The van der Waals surface area contributed by atoms with E-state index in [1.54, 1.807) is 11.3 Å². The maximum atomic E-state index is 6.08. The van der Waals surface area contributed by atoms with Crippen LogP contribution in [0.4, 0.5) is 0 Å². The minimum absolute atomic E-state index is 0.248. The maximum Gasteiger partial charge on any atom is 0.0931 e. The third-order valence-electron chi connectivity index (χ3n) is 3.21. The molecule has 0 bridgehead atoms. The summed E-state index contributed by atoms with van der Waals surface area (Å²) in [6.07, 6.45) is 1.13. The van der Waals surface area contributed by atoms with Crippen molar-refractivity contribution in [2.75, 3.05) is 6.54 Å². The predicted molar refractivity (Wildman–Crippen MR) is 85.4 cm³/mol. The molecule has 102 valence electrons. The second kappa shape index (κ2) is 6.56. The Morgan fingerprint density at radius 2 is 2.00 bits per heavy atom. The highest BCUT2D eigenvalue weighted by Gasteiger charge is 2.17. The number of hydrogen-bond acceptors (Lipinski definition) is 2. The maximum absolute atomic E-state index is 6.08. The predicted octanol–water partition coefficient (Wildman–Crippen LogP) is 5.11. The molecule has 1 nitrogen and oxygen atoms in total. The summed E-state index contributed by atoms with van der Waals surface area (Å²) in [6.45, 7) is 7.51. The van der Waals surface area contributed by atoms with Gasteiger partial charge in [0.2, 0.25) is 0 Å². The number of rotatable bonds is 5. The van der Waals surface area contributed by atoms with Crippen molar-refractivity contribution in [2.45, 2.75) is 33.2 Å². The first kappa shape index (κ1) is 14.6. The molecule has 2 rings (SSSR count). The van der Waals surface area contributed by atoms with Gasteiger partial charge in [-0.25, -0.2) is 0 Å². The molecular formula is C16H20ClNS. The number of nitrogens with one attached hydrogen (secondary N) is 1. The SMILES string of the molecule is CCCNC(c1ccc(Cl)s1)c1ccc(C)cc1C. The number of halogens is 1. The van der Waals surface area contributed by atoms with Crippen LogP contribution in [0.2, 0.25) is 4.34 Å². The molecule has 0 saturated carbocycles. The molecule has 1 unspecified atom stereocenters. The Labute approximate surface area is 124 Å². The van der Waals surface area contributed by atoms with Crippen molar-refractivity contribution in [1.29, 1.82) is 0 Å². The molecule has 0 spiro atoms. The van der Waals surface area contributed by atoms with E-state index >= 15 is 0 Å². The number of benzene rings is 1. The van der Waals surface area contributed by atoms with Crippen LogP contribution in [0.1, 0.15) is 41.0 Å². The Balaban J connectivity index is 2.36. The molecule has 3 heteroatoms. The van der Waals surface area contributed by atoms with Gasteiger partial charge in [0, 0.05) is 4.88 Å². The van der Waals surface area contributed by atoms with Gasteiger partial charge in [-0.2, -0.15) is 0 Å². The summed E-state index contributed by atoms with van der Waals surface area (Å²) in [7, 11) is 0. The first-order chi connectivity index (χ1) is 9.11.